The summed E-state index contributed by atoms with van der Waals surface area (Å²) >= 11 is 0. The Kier molecular flexibility index (Phi) is 3.37. The van der Waals surface area contributed by atoms with Crippen LogP contribution < -0.4 is 0 Å². The topological polar surface area (TPSA) is 99.1 Å². The fourth-order valence-corrected chi connectivity index (χ4v) is 1.43. The molecular weight excluding hydrogens is 250 g/mol. The lowest BCUT2D eigenvalue weighted by atomic mass is 10.1. The molecule has 1 heterocycles. The third-order valence-corrected chi connectivity index (χ3v) is 2.76. The Balaban J connectivity index is 2.27. The van der Waals surface area contributed by atoms with Crippen molar-refractivity contribution in [1.29, 1.82) is 0 Å². The maximum absolute atomic E-state index is 11.2. The standard InChI is InChI=1S/C12H11N3O4/c1-7(8(2)16)12-13-11(14-19-12)9-3-5-10(6-4-9)15(17)18/h3-7H,1-2H3. The van der Waals surface area contributed by atoms with Crippen molar-refractivity contribution < 1.29 is 14.2 Å². The number of aromatic nitrogens is 2. The van der Waals surface area contributed by atoms with Gasteiger partial charge in [-0.2, -0.15) is 4.98 Å². The van der Waals surface area contributed by atoms with Crippen LogP contribution in [0.25, 0.3) is 11.4 Å². The maximum atomic E-state index is 11.2. The molecule has 0 aliphatic rings. The van der Waals surface area contributed by atoms with Crippen LogP contribution in [0.5, 0.6) is 0 Å². The van der Waals surface area contributed by atoms with E-state index in [1.54, 1.807) is 6.92 Å². The molecule has 0 aliphatic heterocycles. The molecule has 19 heavy (non-hydrogen) atoms. The van der Waals surface area contributed by atoms with Gasteiger partial charge in [0.2, 0.25) is 11.7 Å². The van der Waals surface area contributed by atoms with Crippen molar-refractivity contribution in [1.82, 2.24) is 10.1 Å². The van der Waals surface area contributed by atoms with Crippen LogP contribution in [-0.2, 0) is 4.79 Å². The van der Waals surface area contributed by atoms with Gasteiger partial charge in [0.1, 0.15) is 5.78 Å². The predicted molar refractivity (Wildman–Crippen MR) is 65.5 cm³/mol. The van der Waals surface area contributed by atoms with Crippen LogP contribution >= 0.6 is 0 Å². The van der Waals surface area contributed by atoms with Crippen LogP contribution in [0.2, 0.25) is 0 Å². The molecular formula is C12H11N3O4. The Labute approximate surface area is 108 Å². The van der Waals surface area contributed by atoms with Crippen LogP contribution in [0.4, 0.5) is 5.69 Å². The Morgan fingerprint density at radius 1 is 1.37 bits per heavy atom. The van der Waals surface area contributed by atoms with Crippen LogP contribution in [0.15, 0.2) is 28.8 Å². The van der Waals surface area contributed by atoms with E-state index in [1.807, 2.05) is 0 Å². The Morgan fingerprint density at radius 2 is 2.00 bits per heavy atom. The summed E-state index contributed by atoms with van der Waals surface area (Å²) in [6.45, 7) is 3.12. The third-order valence-electron chi connectivity index (χ3n) is 2.76. The molecule has 7 heteroatoms. The number of nitrogens with zero attached hydrogens (tertiary/aromatic N) is 3. The molecule has 7 nitrogen and oxygen atoms in total. The van der Waals surface area contributed by atoms with Crippen molar-refractivity contribution in [3.05, 3.63) is 40.3 Å². The molecule has 0 saturated heterocycles. The molecule has 0 saturated carbocycles. The lowest BCUT2D eigenvalue weighted by Gasteiger charge is -1.98. The van der Waals surface area contributed by atoms with Gasteiger partial charge in [0, 0.05) is 17.7 Å². The third kappa shape index (κ3) is 2.65. The summed E-state index contributed by atoms with van der Waals surface area (Å²) in [6.07, 6.45) is 0. The average molecular weight is 261 g/mol. The van der Waals surface area contributed by atoms with E-state index in [2.05, 4.69) is 10.1 Å². The molecule has 1 atom stereocenters. The minimum absolute atomic E-state index is 0.00966. The van der Waals surface area contributed by atoms with Crippen molar-refractivity contribution in [3.8, 4) is 11.4 Å². The predicted octanol–water partition coefficient (Wildman–Crippen LogP) is 2.34. The molecule has 0 aliphatic carbocycles. The highest BCUT2D eigenvalue weighted by atomic mass is 16.6. The second-order valence-corrected chi connectivity index (χ2v) is 4.09. The normalized spacial score (nSPS) is 12.1. The van der Waals surface area contributed by atoms with Crippen LogP contribution in [0, 0.1) is 10.1 Å². The number of carbonyl (C=O) groups excluding carboxylic acids is 1. The van der Waals surface area contributed by atoms with Gasteiger partial charge in [0.05, 0.1) is 10.8 Å². The smallest absolute Gasteiger partial charge is 0.269 e. The van der Waals surface area contributed by atoms with E-state index in [4.69, 9.17) is 4.52 Å². The summed E-state index contributed by atoms with van der Waals surface area (Å²) < 4.78 is 5.00. The first-order chi connectivity index (χ1) is 8.99. The van der Waals surface area contributed by atoms with Crippen molar-refractivity contribution in [2.24, 2.45) is 0 Å². The summed E-state index contributed by atoms with van der Waals surface area (Å²) in [5.41, 5.74) is 0.584. The fourth-order valence-electron chi connectivity index (χ4n) is 1.43. The van der Waals surface area contributed by atoms with Gasteiger partial charge in [-0.05, 0) is 26.0 Å². The zero-order chi connectivity index (χ0) is 14.0. The lowest BCUT2D eigenvalue weighted by molar-refractivity contribution is -0.384. The van der Waals surface area contributed by atoms with Crippen LogP contribution in [-0.4, -0.2) is 20.8 Å². The highest BCUT2D eigenvalue weighted by molar-refractivity contribution is 5.81. The summed E-state index contributed by atoms with van der Waals surface area (Å²) in [4.78, 5) is 25.4. The number of hydrogen-bond donors (Lipinski definition) is 0. The van der Waals surface area contributed by atoms with Gasteiger partial charge in [-0.25, -0.2) is 0 Å². The van der Waals surface area contributed by atoms with E-state index < -0.39 is 10.8 Å². The van der Waals surface area contributed by atoms with E-state index in [9.17, 15) is 14.9 Å². The minimum Gasteiger partial charge on any atom is -0.338 e. The number of non-ortho nitro benzene ring substituents is 1. The fraction of sp³-hybridized carbons (Fsp3) is 0.250. The van der Waals surface area contributed by atoms with Gasteiger partial charge in [-0.1, -0.05) is 5.16 Å². The summed E-state index contributed by atoms with van der Waals surface area (Å²) in [6, 6.07) is 5.79. The molecule has 1 aromatic carbocycles. The molecule has 0 radical (unpaired) electrons. The first kappa shape index (κ1) is 12.9. The number of ketones is 1. The molecule has 0 fully saturated rings. The number of nitro benzene ring substituents is 1. The molecule has 1 unspecified atom stereocenters. The van der Waals surface area contributed by atoms with Gasteiger partial charge >= 0.3 is 0 Å². The van der Waals surface area contributed by atoms with Gasteiger partial charge in [0.15, 0.2) is 0 Å². The molecule has 98 valence electrons. The number of rotatable bonds is 4. The second-order valence-electron chi connectivity index (χ2n) is 4.09. The molecule has 2 rings (SSSR count). The van der Waals surface area contributed by atoms with Crippen molar-refractivity contribution >= 4 is 11.5 Å². The lowest BCUT2D eigenvalue weighted by Crippen LogP contribution is -2.04. The highest BCUT2D eigenvalue weighted by Crippen LogP contribution is 2.22. The summed E-state index contributed by atoms with van der Waals surface area (Å²) in [7, 11) is 0. The van der Waals surface area contributed by atoms with Gasteiger partial charge < -0.3 is 4.52 Å². The number of hydrogen-bond acceptors (Lipinski definition) is 6. The van der Waals surface area contributed by atoms with Gasteiger partial charge in [0.25, 0.3) is 5.69 Å². The van der Waals surface area contributed by atoms with Crippen LogP contribution in [0.1, 0.15) is 25.7 Å². The van der Waals surface area contributed by atoms with Crippen molar-refractivity contribution in [3.63, 3.8) is 0 Å². The van der Waals surface area contributed by atoms with Crippen LogP contribution in [0.3, 0.4) is 0 Å². The van der Waals surface area contributed by atoms with Gasteiger partial charge in [-0.3, -0.25) is 14.9 Å². The van der Waals surface area contributed by atoms with E-state index in [0.29, 0.717) is 11.4 Å². The van der Waals surface area contributed by atoms with E-state index in [1.165, 1.54) is 31.2 Å². The molecule has 0 spiro atoms. The highest BCUT2D eigenvalue weighted by Gasteiger charge is 2.19. The largest absolute Gasteiger partial charge is 0.338 e. The quantitative estimate of drug-likeness (QED) is 0.618. The van der Waals surface area contributed by atoms with Crippen molar-refractivity contribution in [2.45, 2.75) is 19.8 Å². The SMILES string of the molecule is CC(=O)C(C)c1nc(-c2ccc([N+](=O)[O-])cc2)no1. The summed E-state index contributed by atoms with van der Waals surface area (Å²) in [5, 5.41) is 14.3. The molecule has 0 amide bonds. The number of nitro groups is 1. The van der Waals surface area contributed by atoms with E-state index in [-0.39, 0.29) is 17.4 Å². The maximum Gasteiger partial charge on any atom is 0.269 e. The van der Waals surface area contributed by atoms with Crippen molar-refractivity contribution in [2.75, 3.05) is 0 Å². The Hall–Kier alpha value is -2.57. The number of Topliss-reactive ketones (excluding diaryl/α,β-unsaturated/α-hetero) is 1. The average Bonchev–Trinajstić information content (AvgIpc) is 2.87. The monoisotopic (exact) mass is 261 g/mol. The van der Waals surface area contributed by atoms with E-state index in [0.717, 1.165) is 0 Å². The number of benzene rings is 1. The Bertz CT molecular complexity index is 618. The number of carbonyl (C=O) groups is 1. The molecule has 0 bridgehead atoms. The molecule has 2 aromatic rings. The van der Waals surface area contributed by atoms with E-state index >= 15 is 0 Å². The minimum atomic E-state index is -0.483. The first-order valence-electron chi connectivity index (χ1n) is 5.58. The first-order valence-corrected chi connectivity index (χ1v) is 5.58. The Morgan fingerprint density at radius 3 is 2.53 bits per heavy atom. The zero-order valence-corrected chi connectivity index (χ0v) is 10.4. The molecule has 1 aromatic heterocycles. The second kappa shape index (κ2) is 4.97. The zero-order valence-electron chi connectivity index (χ0n) is 10.4. The summed E-state index contributed by atoms with van der Waals surface area (Å²) in [5.74, 6) is 0.0112. The van der Waals surface area contributed by atoms with Gasteiger partial charge in [-0.15, -0.1) is 0 Å². The molecule has 0 N–H and O–H groups in total.